The molecule has 14 heavy (non-hydrogen) atoms. The molecule has 0 aliphatic heterocycles. The zero-order chi connectivity index (χ0) is 11.1. The van der Waals surface area contributed by atoms with Crippen LogP contribution >= 0.6 is 0 Å². The Balaban J connectivity index is 4.27. The first-order valence-electron chi connectivity index (χ1n) is 5.84. The lowest BCUT2D eigenvalue weighted by Crippen LogP contribution is -2.39. The molecule has 2 unspecified atom stereocenters. The molecule has 0 saturated carbocycles. The predicted molar refractivity (Wildman–Crippen MR) is 64.7 cm³/mol. The van der Waals surface area contributed by atoms with Crippen LogP contribution in [0.25, 0.3) is 0 Å². The van der Waals surface area contributed by atoms with Crippen LogP contribution in [0.3, 0.4) is 0 Å². The van der Waals surface area contributed by atoms with E-state index in [0.29, 0.717) is 0 Å². The highest BCUT2D eigenvalue weighted by molar-refractivity contribution is 4.76. The minimum Gasteiger partial charge on any atom is -0.309 e. The van der Waals surface area contributed by atoms with Gasteiger partial charge in [-0.15, -0.1) is 0 Å². The van der Waals surface area contributed by atoms with Crippen LogP contribution in [-0.4, -0.2) is 50.6 Å². The first kappa shape index (κ1) is 13.9. The molecule has 0 saturated heterocycles. The van der Waals surface area contributed by atoms with E-state index >= 15 is 0 Å². The fourth-order valence-electron chi connectivity index (χ4n) is 2.37. The molecule has 0 aromatic carbocycles. The van der Waals surface area contributed by atoms with E-state index in [4.69, 9.17) is 0 Å². The van der Waals surface area contributed by atoms with E-state index in [1.165, 1.54) is 25.8 Å². The molecule has 0 aromatic rings. The Labute approximate surface area is 90.3 Å². The first-order valence-corrected chi connectivity index (χ1v) is 5.84. The van der Waals surface area contributed by atoms with Crippen molar-refractivity contribution in [3.63, 3.8) is 0 Å². The van der Waals surface area contributed by atoms with Crippen LogP contribution in [-0.2, 0) is 0 Å². The van der Waals surface area contributed by atoms with Crippen LogP contribution < -0.4 is 0 Å². The molecule has 0 N–H and O–H groups in total. The summed E-state index contributed by atoms with van der Waals surface area (Å²) in [6.07, 6.45) is 3.89. The standard InChI is InChI=1S/C12H28N2/c1-7-9-11(10-13(3)4)12(8-2)14(5)6/h11-12H,7-10H2,1-6H3. The number of hydrogen-bond donors (Lipinski definition) is 0. The van der Waals surface area contributed by atoms with Gasteiger partial charge >= 0.3 is 0 Å². The van der Waals surface area contributed by atoms with Crippen molar-refractivity contribution < 1.29 is 0 Å². The van der Waals surface area contributed by atoms with Crippen molar-refractivity contribution in [2.24, 2.45) is 5.92 Å². The topological polar surface area (TPSA) is 6.48 Å². The van der Waals surface area contributed by atoms with E-state index in [-0.39, 0.29) is 0 Å². The fraction of sp³-hybridized carbons (Fsp3) is 1.00. The average Bonchev–Trinajstić information content (AvgIpc) is 2.03. The average molecular weight is 200 g/mol. The summed E-state index contributed by atoms with van der Waals surface area (Å²) in [6, 6.07) is 0.734. The molecule has 0 spiro atoms. The first-order chi connectivity index (χ1) is 6.52. The van der Waals surface area contributed by atoms with Gasteiger partial charge in [0.2, 0.25) is 0 Å². The van der Waals surface area contributed by atoms with Crippen LogP contribution in [0.1, 0.15) is 33.1 Å². The van der Waals surface area contributed by atoms with Crippen molar-refractivity contribution in [3.05, 3.63) is 0 Å². The second-order valence-corrected chi connectivity index (χ2v) is 4.75. The maximum absolute atomic E-state index is 2.38. The second-order valence-electron chi connectivity index (χ2n) is 4.75. The molecule has 86 valence electrons. The largest absolute Gasteiger partial charge is 0.309 e. The third kappa shape index (κ3) is 4.97. The van der Waals surface area contributed by atoms with Gasteiger partial charge in [0.15, 0.2) is 0 Å². The lowest BCUT2D eigenvalue weighted by Gasteiger charge is -2.33. The zero-order valence-corrected chi connectivity index (χ0v) is 10.9. The van der Waals surface area contributed by atoms with Crippen molar-refractivity contribution in [2.45, 2.75) is 39.2 Å². The molecule has 0 rings (SSSR count). The Morgan fingerprint density at radius 3 is 1.86 bits per heavy atom. The molecule has 0 aromatic heterocycles. The van der Waals surface area contributed by atoms with E-state index in [1.54, 1.807) is 0 Å². The summed E-state index contributed by atoms with van der Waals surface area (Å²) >= 11 is 0. The molecular weight excluding hydrogens is 172 g/mol. The molecule has 2 atom stereocenters. The summed E-state index contributed by atoms with van der Waals surface area (Å²) < 4.78 is 0. The molecule has 0 fully saturated rings. The minimum absolute atomic E-state index is 0.734. The van der Waals surface area contributed by atoms with Crippen LogP contribution in [0, 0.1) is 5.92 Å². The predicted octanol–water partition coefficient (Wildman–Crippen LogP) is 2.30. The van der Waals surface area contributed by atoms with Crippen molar-refractivity contribution in [2.75, 3.05) is 34.7 Å². The minimum atomic E-state index is 0.734. The van der Waals surface area contributed by atoms with Gasteiger partial charge in [0.05, 0.1) is 0 Å². The summed E-state index contributed by atoms with van der Waals surface area (Å²) in [4.78, 5) is 4.69. The van der Waals surface area contributed by atoms with Crippen LogP contribution in [0.4, 0.5) is 0 Å². The summed E-state index contributed by atoms with van der Waals surface area (Å²) in [5, 5.41) is 0. The zero-order valence-electron chi connectivity index (χ0n) is 10.9. The maximum Gasteiger partial charge on any atom is 0.0127 e. The summed E-state index contributed by atoms with van der Waals surface area (Å²) in [7, 11) is 8.75. The van der Waals surface area contributed by atoms with Gasteiger partial charge < -0.3 is 9.80 Å². The quantitative estimate of drug-likeness (QED) is 0.622. The molecular formula is C12H28N2. The Morgan fingerprint density at radius 1 is 1.00 bits per heavy atom. The molecule has 0 amide bonds. The van der Waals surface area contributed by atoms with E-state index in [2.05, 4.69) is 51.8 Å². The maximum atomic E-state index is 2.38. The number of rotatable bonds is 7. The smallest absolute Gasteiger partial charge is 0.0127 e. The van der Waals surface area contributed by atoms with Crippen molar-refractivity contribution >= 4 is 0 Å². The Morgan fingerprint density at radius 2 is 1.57 bits per heavy atom. The van der Waals surface area contributed by atoms with E-state index in [1.807, 2.05) is 0 Å². The molecule has 0 bridgehead atoms. The van der Waals surface area contributed by atoms with Gasteiger partial charge in [0.1, 0.15) is 0 Å². The molecule has 2 nitrogen and oxygen atoms in total. The Hall–Kier alpha value is -0.0800. The van der Waals surface area contributed by atoms with E-state index in [0.717, 1.165) is 12.0 Å². The Kier molecular flexibility index (Phi) is 7.20. The fourth-order valence-corrected chi connectivity index (χ4v) is 2.37. The van der Waals surface area contributed by atoms with Crippen molar-refractivity contribution in [3.8, 4) is 0 Å². The molecule has 0 radical (unpaired) electrons. The van der Waals surface area contributed by atoms with Crippen molar-refractivity contribution in [1.29, 1.82) is 0 Å². The highest BCUT2D eigenvalue weighted by atomic mass is 15.1. The molecule has 0 aliphatic rings. The number of nitrogens with zero attached hydrogens (tertiary/aromatic N) is 2. The van der Waals surface area contributed by atoms with Gasteiger partial charge in [-0.25, -0.2) is 0 Å². The van der Waals surface area contributed by atoms with Crippen LogP contribution in [0.5, 0.6) is 0 Å². The van der Waals surface area contributed by atoms with Gasteiger partial charge in [0, 0.05) is 12.6 Å². The molecule has 0 heterocycles. The summed E-state index contributed by atoms with van der Waals surface area (Å²) in [5.74, 6) is 0.815. The van der Waals surface area contributed by atoms with Gasteiger partial charge in [-0.2, -0.15) is 0 Å². The van der Waals surface area contributed by atoms with Gasteiger partial charge in [-0.05, 0) is 47.0 Å². The third-order valence-electron chi connectivity index (χ3n) is 2.88. The second kappa shape index (κ2) is 7.24. The number of hydrogen-bond acceptors (Lipinski definition) is 2. The third-order valence-corrected chi connectivity index (χ3v) is 2.88. The molecule has 2 heteroatoms. The monoisotopic (exact) mass is 200 g/mol. The molecule has 0 aliphatic carbocycles. The highest BCUT2D eigenvalue weighted by Gasteiger charge is 2.21. The lowest BCUT2D eigenvalue weighted by molar-refractivity contribution is 0.161. The lowest BCUT2D eigenvalue weighted by atomic mass is 9.91. The van der Waals surface area contributed by atoms with Gasteiger partial charge in [0.25, 0.3) is 0 Å². The van der Waals surface area contributed by atoms with Crippen LogP contribution in [0.15, 0.2) is 0 Å². The Bertz CT molecular complexity index is 132. The summed E-state index contributed by atoms with van der Waals surface area (Å²) in [6.45, 7) is 5.79. The SMILES string of the molecule is CCCC(CN(C)C)C(CC)N(C)C. The van der Waals surface area contributed by atoms with E-state index < -0.39 is 0 Å². The van der Waals surface area contributed by atoms with Crippen LogP contribution in [0.2, 0.25) is 0 Å². The highest BCUT2D eigenvalue weighted by Crippen LogP contribution is 2.18. The van der Waals surface area contributed by atoms with Gasteiger partial charge in [-0.1, -0.05) is 20.3 Å². The van der Waals surface area contributed by atoms with E-state index in [9.17, 15) is 0 Å². The normalized spacial score (nSPS) is 16.3. The van der Waals surface area contributed by atoms with Gasteiger partial charge in [-0.3, -0.25) is 0 Å². The van der Waals surface area contributed by atoms with Crippen molar-refractivity contribution in [1.82, 2.24) is 9.80 Å². The summed E-state index contributed by atoms with van der Waals surface area (Å²) in [5.41, 5.74) is 0.